The first kappa shape index (κ1) is 5.75. The van der Waals surface area contributed by atoms with Crippen molar-refractivity contribution < 1.29 is 10.0 Å². The van der Waals surface area contributed by atoms with E-state index in [2.05, 4.69) is 0 Å². The second-order valence-electron chi connectivity index (χ2n) is 3.40. The SMILES string of the molecule is OB(O)C1CC2C[C@H]2C1. The molecule has 2 aliphatic carbocycles. The fourth-order valence-electron chi connectivity index (χ4n) is 2.01. The summed E-state index contributed by atoms with van der Waals surface area (Å²) in [5.41, 5.74) is 0. The lowest BCUT2D eigenvalue weighted by molar-refractivity contribution is 0.378. The Balaban J connectivity index is 1.90. The van der Waals surface area contributed by atoms with Gasteiger partial charge in [0, 0.05) is 0 Å². The van der Waals surface area contributed by atoms with Gasteiger partial charge in [-0.25, -0.2) is 0 Å². The highest BCUT2D eigenvalue weighted by molar-refractivity contribution is 6.43. The average Bonchev–Trinajstić information content (AvgIpc) is 2.40. The maximum absolute atomic E-state index is 8.75. The van der Waals surface area contributed by atoms with Crippen molar-refractivity contribution >= 4 is 7.12 Å². The molecule has 2 unspecified atom stereocenters. The van der Waals surface area contributed by atoms with Gasteiger partial charge in [-0.1, -0.05) is 0 Å². The standard InChI is InChI=1S/C6H11BO2/c8-7(9)6-2-4-1-5(4)3-6/h4-6,8-9H,1-3H2/t4-,5?,6?/m0/s1. The Hall–Kier alpha value is -0.0151. The zero-order chi connectivity index (χ0) is 6.43. The summed E-state index contributed by atoms with van der Waals surface area (Å²) >= 11 is 0. The van der Waals surface area contributed by atoms with Gasteiger partial charge in [0.1, 0.15) is 0 Å². The predicted molar refractivity (Wildman–Crippen MR) is 34.8 cm³/mol. The summed E-state index contributed by atoms with van der Waals surface area (Å²) in [6, 6.07) is 0. The summed E-state index contributed by atoms with van der Waals surface area (Å²) < 4.78 is 0. The highest BCUT2D eigenvalue weighted by atomic mass is 16.4. The highest BCUT2D eigenvalue weighted by Crippen LogP contribution is 2.56. The predicted octanol–water partition coefficient (Wildman–Crippen LogP) is 0.259. The third-order valence-corrected chi connectivity index (χ3v) is 2.70. The maximum Gasteiger partial charge on any atom is 0.454 e. The Kier molecular flexibility index (Phi) is 1.11. The molecule has 9 heavy (non-hydrogen) atoms. The smallest absolute Gasteiger partial charge is 0.427 e. The molecule has 2 aliphatic rings. The van der Waals surface area contributed by atoms with Gasteiger partial charge in [-0.3, -0.25) is 0 Å². The van der Waals surface area contributed by atoms with Crippen LogP contribution in [0.25, 0.3) is 0 Å². The van der Waals surface area contributed by atoms with Crippen LogP contribution in [0.15, 0.2) is 0 Å². The Morgan fingerprint density at radius 2 is 1.56 bits per heavy atom. The minimum Gasteiger partial charge on any atom is -0.427 e. The summed E-state index contributed by atoms with van der Waals surface area (Å²) in [6.07, 6.45) is 3.47. The molecule has 0 aromatic heterocycles. The van der Waals surface area contributed by atoms with E-state index in [1.54, 1.807) is 0 Å². The maximum atomic E-state index is 8.75. The van der Waals surface area contributed by atoms with Crippen LogP contribution >= 0.6 is 0 Å². The van der Waals surface area contributed by atoms with E-state index in [1.807, 2.05) is 0 Å². The number of rotatable bonds is 1. The van der Waals surface area contributed by atoms with Crippen LogP contribution in [0.2, 0.25) is 5.82 Å². The van der Waals surface area contributed by atoms with Crippen molar-refractivity contribution in [2.75, 3.05) is 0 Å². The molecule has 0 aromatic rings. The lowest BCUT2D eigenvalue weighted by Gasteiger charge is -2.07. The molecule has 0 aliphatic heterocycles. The Morgan fingerprint density at radius 1 is 1.00 bits per heavy atom. The van der Waals surface area contributed by atoms with E-state index >= 15 is 0 Å². The molecule has 50 valence electrons. The molecule has 2 rings (SSSR count). The fourth-order valence-corrected chi connectivity index (χ4v) is 2.01. The zero-order valence-corrected chi connectivity index (χ0v) is 5.33. The van der Waals surface area contributed by atoms with Crippen LogP contribution in [0.3, 0.4) is 0 Å². The second kappa shape index (κ2) is 1.73. The van der Waals surface area contributed by atoms with Crippen molar-refractivity contribution in [3.05, 3.63) is 0 Å². The minimum absolute atomic E-state index is 0.203. The summed E-state index contributed by atoms with van der Waals surface area (Å²) in [4.78, 5) is 0. The van der Waals surface area contributed by atoms with E-state index in [9.17, 15) is 0 Å². The summed E-state index contributed by atoms with van der Waals surface area (Å²) in [7, 11) is -1.04. The fraction of sp³-hybridized carbons (Fsp3) is 1.00. The van der Waals surface area contributed by atoms with Gasteiger partial charge >= 0.3 is 7.12 Å². The largest absolute Gasteiger partial charge is 0.454 e. The molecule has 0 spiro atoms. The first-order valence-electron chi connectivity index (χ1n) is 3.63. The van der Waals surface area contributed by atoms with Gasteiger partial charge in [0.25, 0.3) is 0 Å². The van der Waals surface area contributed by atoms with Gasteiger partial charge < -0.3 is 10.0 Å². The van der Waals surface area contributed by atoms with Crippen molar-refractivity contribution in [1.82, 2.24) is 0 Å². The van der Waals surface area contributed by atoms with Crippen molar-refractivity contribution in [2.45, 2.75) is 25.1 Å². The summed E-state index contributed by atoms with van der Waals surface area (Å²) in [5.74, 6) is 1.92. The molecule has 0 radical (unpaired) electrons. The molecule has 2 nitrogen and oxygen atoms in total. The number of hydrogen-bond donors (Lipinski definition) is 2. The number of fused-ring (bicyclic) bond motifs is 1. The van der Waals surface area contributed by atoms with E-state index in [1.165, 1.54) is 6.42 Å². The van der Waals surface area contributed by atoms with Crippen molar-refractivity contribution in [2.24, 2.45) is 11.8 Å². The van der Waals surface area contributed by atoms with E-state index in [4.69, 9.17) is 10.0 Å². The van der Waals surface area contributed by atoms with Crippen LogP contribution < -0.4 is 0 Å². The topological polar surface area (TPSA) is 40.5 Å². The molecule has 2 saturated carbocycles. The molecule has 0 saturated heterocycles. The lowest BCUT2D eigenvalue weighted by Crippen LogP contribution is -2.18. The normalized spacial score (nSPS) is 46.7. The van der Waals surface area contributed by atoms with Crippen molar-refractivity contribution in [3.8, 4) is 0 Å². The van der Waals surface area contributed by atoms with Gasteiger partial charge in [-0.15, -0.1) is 0 Å². The van der Waals surface area contributed by atoms with Crippen LogP contribution in [0.5, 0.6) is 0 Å². The lowest BCUT2D eigenvalue weighted by atomic mass is 9.70. The monoisotopic (exact) mass is 126 g/mol. The van der Waals surface area contributed by atoms with E-state index in [0.29, 0.717) is 0 Å². The Bertz CT molecular complexity index is 116. The molecular weight excluding hydrogens is 115 g/mol. The molecule has 3 heteroatoms. The van der Waals surface area contributed by atoms with Crippen molar-refractivity contribution in [3.63, 3.8) is 0 Å². The van der Waals surface area contributed by atoms with Crippen molar-refractivity contribution in [1.29, 1.82) is 0 Å². The van der Waals surface area contributed by atoms with Gasteiger partial charge in [0.05, 0.1) is 0 Å². The van der Waals surface area contributed by atoms with Crippen LogP contribution in [0.1, 0.15) is 19.3 Å². The van der Waals surface area contributed by atoms with E-state index in [-0.39, 0.29) is 5.82 Å². The molecule has 0 heterocycles. The second-order valence-corrected chi connectivity index (χ2v) is 3.40. The number of hydrogen-bond acceptors (Lipinski definition) is 2. The van der Waals surface area contributed by atoms with Crippen LogP contribution in [-0.4, -0.2) is 17.2 Å². The zero-order valence-electron chi connectivity index (χ0n) is 5.33. The van der Waals surface area contributed by atoms with Gasteiger partial charge in [0.2, 0.25) is 0 Å². The third kappa shape index (κ3) is 0.884. The molecule has 0 bridgehead atoms. The van der Waals surface area contributed by atoms with E-state index < -0.39 is 7.12 Å². The van der Waals surface area contributed by atoms with Crippen LogP contribution in [-0.2, 0) is 0 Å². The molecular formula is C6H11BO2. The van der Waals surface area contributed by atoms with E-state index in [0.717, 1.165) is 24.7 Å². The highest BCUT2D eigenvalue weighted by Gasteiger charge is 2.48. The summed E-state index contributed by atoms with van der Waals surface area (Å²) in [6.45, 7) is 0. The molecule has 0 amide bonds. The molecule has 2 fully saturated rings. The molecule has 3 atom stereocenters. The summed E-state index contributed by atoms with van der Waals surface area (Å²) in [5, 5.41) is 17.5. The first-order valence-corrected chi connectivity index (χ1v) is 3.63. The average molecular weight is 126 g/mol. The molecule has 0 aromatic carbocycles. The first-order chi connectivity index (χ1) is 4.27. The van der Waals surface area contributed by atoms with Crippen LogP contribution in [0.4, 0.5) is 0 Å². The van der Waals surface area contributed by atoms with Gasteiger partial charge in [-0.05, 0) is 36.9 Å². The van der Waals surface area contributed by atoms with Crippen LogP contribution in [0, 0.1) is 11.8 Å². The Labute approximate surface area is 55.0 Å². The molecule has 2 N–H and O–H groups in total. The quantitative estimate of drug-likeness (QED) is 0.494. The third-order valence-electron chi connectivity index (χ3n) is 2.70. The minimum atomic E-state index is -1.04. The van der Waals surface area contributed by atoms with Gasteiger partial charge in [0.15, 0.2) is 0 Å². The Morgan fingerprint density at radius 3 is 1.89 bits per heavy atom. The van der Waals surface area contributed by atoms with Gasteiger partial charge in [-0.2, -0.15) is 0 Å².